The van der Waals surface area contributed by atoms with Crippen LogP contribution in [-0.2, 0) is 6.54 Å². The fraction of sp³-hybridized carbons (Fsp3) is 0.143. The molecule has 94 valence electrons. The van der Waals surface area contributed by atoms with Crippen molar-refractivity contribution in [3.63, 3.8) is 0 Å². The number of hydrogen-bond acceptors (Lipinski definition) is 1. The molecular formula is C14H12BrClFN. The van der Waals surface area contributed by atoms with Crippen molar-refractivity contribution in [2.75, 3.05) is 5.32 Å². The highest BCUT2D eigenvalue weighted by atomic mass is 79.9. The van der Waals surface area contributed by atoms with Crippen LogP contribution < -0.4 is 5.32 Å². The maximum atomic E-state index is 13.1. The molecule has 0 heterocycles. The molecule has 18 heavy (non-hydrogen) atoms. The molecule has 0 bridgehead atoms. The Labute approximate surface area is 119 Å². The summed E-state index contributed by atoms with van der Waals surface area (Å²) in [7, 11) is 0. The van der Waals surface area contributed by atoms with Gasteiger partial charge in [0.25, 0.3) is 0 Å². The van der Waals surface area contributed by atoms with Crippen molar-refractivity contribution in [2.24, 2.45) is 0 Å². The summed E-state index contributed by atoms with van der Waals surface area (Å²) in [5, 5.41) is 3.98. The second-order valence-corrected chi connectivity index (χ2v) is 5.34. The zero-order valence-corrected chi connectivity index (χ0v) is 12.1. The maximum Gasteiger partial charge on any atom is 0.123 e. The molecule has 4 heteroatoms. The molecule has 0 aromatic heterocycles. The average molecular weight is 329 g/mol. The van der Waals surface area contributed by atoms with Crippen LogP contribution in [0.25, 0.3) is 0 Å². The summed E-state index contributed by atoms with van der Waals surface area (Å²) >= 11 is 9.30. The Morgan fingerprint density at radius 2 is 2.00 bits per heavy atom. The van der Waals surface area contributed by atoms with Crippen LogP contribution in [0.1, 0.15) is 11.1 Å². The maximum absolute atomic E-state index is 13.1. The van der Waals surface area contributed by atoms with Crippen molar-refractivity contribution in [3.05, 3.63) is 62.8 Å². The van der Waals surface area contributed by atoms with Gasteiger partial charge >= 0.3 is 0 Å². The van der Waals surface area contributed by atoms with Gasteiger partial charge in [-0.25, -0.2) is 4.39 Å². The van der Waals surface area contributed by atoms with Crippen molar-refractivity contribution in [2.45, 2.75) is 13.5 Å². The van der Waals surface area contributed by atoms with E-state index >= 15 is 0 Å². The lowest BCUT2D eigenvalue weighted by atomic mass is 10.1. The molecule has 0 radical (unpaired) electrons. The van der Waals surface area contributed by atoms with Crippen molar-refractivity contribution in [1.82, 2.24) is 0 Å². The minimum absolute atomic E-state index is 0.233. The Hall–Kier alpha value is -1.06. The van der Waals surface area contributed by atoms with E-state index in [2.05, 4.69) is 21.2 Å². The van der Waals surface area contributed by atoms with E-state index in [1.54, 1.807) is 6.07 Å². The predicted octanol–water partition coefficient (Wildman–Crippen LogP) is 5.16. The predicted molar refractivity (Wildman–Crippen MR) is 77.6 cm³/mol. The van der Waals surface area contributed by atoms with Gasteiger partial charge in [-0.3, -0.25) is 0 Å². The number of rotatable bonds is 3. The smallest absolute Gasteiger partial charge is 0.123 e. The molecule has 1 N–H and O–H groups in total. The standard InChI is InChI=1S/C14H12BrClFN/c1-9-6-11(16)2-5-14(9)18-8-10-7-12(17)3-4-13(10)15/h2-7,18H,8H2,1H3. The molecule has 0 aliphatic carbocycles. The lowest BCUT2D eigenvalue weighted by Crippen LogP contribution is -2.02. The molecule has 2 rings (SSSR count). The monoisotopic (exact) mass is 327 g/mol. The number of aryl methyl sites for hydroxylation is 1. The van der Waals surface area contributed by atoms with Gasteiger partial charge in [0.1, 0.15) is 5.82 Å². The molecule has 1 nitrogen and oxygen atoms in total. The molecule has 2 aromatic rings. The van der Waals surface area contributed by atoms with Crippen LogP contribution in [0.2, 0.25) is 5.02 Å². The van der Waals surface area contributed by atoms with Crippen LogP contribution in [0.3, 0.4) is 0 Å². The largest absolute Gasteiger partial charge is 0.381 e. The van der Waals surface area contributed by atoms with Crippen molar-refractivity contribution in [3.8, 4) is 0 Å². The minimum atomic E-state index is -0.233. The van der Waals surface area contributed by atoms with Gasteiger partial charge in [0, 0.05) is 21.7 Å². The Kier molecular flexibility index (Phi) is 4.25. The Morgan fingerprint density at radius 1 is 1.22 bits per heavy atom. The van der Waals surface area contributed by atoms with E-state index in [-0.39, 0.29) is 5.82 Å². The second-order valence-electron chi connectivity index (χ2n) is 4.05. The average Bonchev–Trinajstić information content (AvgIpc) is 2.32. The molecule has 0 fully saturated rings. The van der Waals surface area contributed by atoms with Crippen molar-refractivity contribution in [1.29, 1.82) is 0 Å². The zero-order valence-electron chi connectivity index (χ0n) is 9.81. The molecular weight excluding hydrogens is 317 g/mol. The van der Waals surface area contributed by atoms with Gasteiger partial charge in [-0.2, -0.15) is 0 Å². The van der Waals surface area contributed by atoms with E-state index in [1.807, 2.05) is 25.1 Å². The molecule has 0 aliphatic rings. The first-order chi connectivity index (χ1) is 8.56. The van der Waals surface area contributed by atoms with Crippen molar-refractivity contribution < 1.29 is 4.39 Å². The Morgan fingerprint density at radius 3 is 2.72 bits per heavy atom. The number of hydrogen-bond donors (Lipinski definition) is 1. The quantitative estimate of drug-likeness (QED) is 0.820. The van der Waals surface area contributed by atoms with Crippen LogP contribution in [0, 0.1) is 12.7 Å². The van der Waals surface area contributed by atoms with E-state index in [1.165, 1.54) is 12.1 Å². The van der Waals surface area contributed by atoms with Gasteiger partial charge in [0.15, 0.2) is 0 Å². The van der Waals surface area contributed by atoms with Gasteiger partial charge in [-0.1, -0.05) is 27.5 Å². The van der Waals surface area contributed by atoms with E-state index in [0.29, 0.717) is 11.6 Å². The summed E-state index contributed by atoms with van der Waals surface area (Å²) in [6, 6.07) is 10.3. The summed E-state index contributed by atoms with van der Waals surface area (Å²) in [5.41, 5.74) is 2.94. The van der Waals surface area contributed by atoms with E-state index in [9.17, 15) is 4.39 Å². The highest BCUT2D eigenvalue weighted by molar-refractivity contribution is 9.10. The summed E-state index contributed by atoms with van der Waals surface area (Å²) in [6.07, 6.45) is 0. The topological polar surface area (TPSA) is 12.0 Å². The van der Waals surface area contributed by atoms with Gasteiger partial charge < -0.3 is 5.32 Å². The minimum Gasteiger partial charge on any atom is -0.381 e. The Balaban J connectivity index is 2.13. The summed E-state index contributed by atoms with van der Waals surface area (Å²) < 4.78 is 14.0. The highest BCUT2D eigenvalue weighted by Gasteiger charge is 2.03. The SMILES string of the molecule is Cc1cc(Cl)ccc1NCc1cc(F)ccc1Br. The van der Waals surface area contributed by atoms with Gasteiger partial charge in [-0.15, -0.1) is 0 Å². The zero-order chi connectivity index (χ0) is 13.1. The van der Waals surface area contributed by atoms with Crippen molar-refractivity contribution >= 4 is 33.2 Å². The van der Waals surface area contributed by atoms with Crippen LogP contribution in [0.4, 0.5) is 10.1 Å². The van der Waals surface area contributed by atoms with E-state index in [4.69, 9.17) is 11.6 Å². The number of halogens is 3. The normalized spacial score (nSPS) is 10.4. The first kappa shape index (κ1) is 13.4. The summed E-state index contributed by atoms with van der Waals surface area (Å²) in [5.74, 6) is -0.233. The number of benzene rings is 2. The first-order valence-electron chi connectivity index (χ1n) is 5.50. The lowest BCUT2D eigenvalue weighted by molar-refractivity contribution is 0.625. The second kappa shape index (κ2) is 5.72. The van der Waals surface area contributed by atoms with Crippen LogP contribution in [0.15, 0.2) is 40.9 Å². The van der Waals surface area contributed by atoms with E-state index in [0.717, 1.165) is 21.3 Å². The molecule has 0 amide bonds. The fourth-order valence-electron chi connectivity index (χ4n) is 1.69. The highest BCUT2D eigenvalue weighted by Crippen LogP contribution is 2.22. The van der Waals surface area contributed by atoms with Crippen LogP contribution >= 0.6 is 27.5 Å². The molecule has 0 saturated heterocycles. The van der Waals surface area contributed by atoms with Crippen LogP contribution in [-0.4, -0.2) is 0 Å². The Bertz CT molecular complexity index is 572. The fourth-order valence-corrected chi connectivity index (χ4v) is 2.31. The first-order valence-corrected chi connectivity index (χ1v) is 6.67. The molecule has 2 aromatic carbocycles. The lowest BCUT2D eigenvalue weighted by Gasteiger charge is -2.11. The molecule has 0 unspecified atom stereocenters. The van der Waals surface area contributed by atoms with E-state index < -0.39 is 0 Å². The van der Waals surface area contributed by atoms with Crippen LogP contribution in [0.5, 0.6) is 0 Å². The van der Waals surface area contributed by atoms with Gasteiger partial charge in [-0.05, 0) is 54.4 Å². The molecule has 0 saturated carbocycles. The summed E-state index contributed by atoms with van der Waals surface area (Å²) in [6.45, 7) is 2.54. The number of nitrogens with one attached hydrogen (secondary N) is 1. The molecule has 0 spiro atoms. The third-order valence-electron chi connectivity index (χ3n) is 2.67. The molecule has 0 aliphatic heterocycles. The third kappa shape index (κ3) is 3.24. The molecule has 0 atom stereocenters. The third-order valence-corrected chi connectivity index (χ3v) is 3.67. The van der Waals surface area contributed by atoms with Gasteiger partial charge in [0.05, 0.1) is 0 Å². The summed E-state index contributed by atoms with van der Waals surface area (Å²) in [4.78, 5) is 0. The number of anilines is 1. The van der Waals surface area contributed by atoms with Gasteiger partial charge in [0.2, 0.25) is 0 Å².